The number of hydrogen-bond acceptors (Lipinski definition) is 2. The second-order valence-electron chi connectivity index (χ2n) is 3.18. The third kappa shape index (κ3) is 2.38. The van der Waals surface area contributed by atoms with Crippen LogP contribution in [0.1, 0.15) is 5.69 Å². The zero-order valence-electron chi connectivity index (χ0n) is 8.10. The van der Waals surface area contributed by atoms with Gasteiger partial charge in [-0.1, -0.05) is 0 Å². The van der Waals surface area contributed by atoms with Gasteiger partial charge >= 0.3 is 0 Å². The maximum atomic E-state index is 13.3. The van der Waals surface area contributed by atoms with E-state index in [1.807, 2.05) is 0 Å². The van der Waals surface area contributed by atoms with Gasteiger partial charge in [0.2, 0.25) is 0 Å². The molecule has 2 N–H and O–H groups in total. The second kappa shape index (κ2) is 4.61. The fourth-order valence-electron chi connectivity index (χ4n) is 1.23. The van der Waals surface area contributed by atoms with Gasteiger partial charge in [-0.3, -0.25) is 0 Å². The number of benzene rings is 1. The Kier molecular flexibility index (Phi) is 3.19. The van der Waals surface area contributed by atoms with Gasteiger partial charge < -0.3 is 10.3 Å². The molecule has 6 heteroatoms. The van der Waals surface area contributed by atoms with Gasteiger partial charge in [-0.15, -0.1) is 0 Å². The summed E-state index contributed by atoms with van der Waals surface area (Å²) in [7, 11) is 0. The Balaban J connectivity index is 2.12. The summed E-state index contributed by atoms with van der Waals surface area (Å²) < 4.78 is 26.5. The number of aromatic nitrogens is 2. The molecule has 84 valence electrons. The predicted octanol–water partition coefficient (Wildman–Crippen LogP) is 3.06. The van der Waals surface area contributed by atoms with Crippen LogP contribution in [0, 0.1) is 11.6 Å². The molecule has 0 aliphatic heterocycles. The van der Waals surface area contributed by atoms with Crippen molar-refractivity contribution in [3.63, 3.8) is 0 Å². The highest BCUT2D eigenvalue weighted by atomic mass is 79.9. The van der Waals surface area contributed by atoms with Crippen LogP contribution in [-0.4, -0.2) is 9.97 Å². The van der Waals surface area contributed by atoms with Gasteiger partial charge in [-0.25, -0.2) is 13.8 Å². The lowest BCUT2D eigenvalue weighted by Crippen LogP contribution is -2.02. The summed E-state index contributed by atoms with van der Waals surface area (Å²) in [5.41, 5.74) is 1.06. The van der Waals surface area contributed by atoms with Gasteiger partial charge in [-0.05, 0) is 22.0 Å². The van der Waals surface area contributed by atoms with Gasteiger partial charge in [0.05, 0.1) is 28.7 Å². The standard InChI is InChI=1S/C10H8BrF2N3/c11-7-1-10(9(13)2-8(7)12)15-4-6-3-14-5-16-6/h1-3,5,15H,4H2,(H,14,16). The molecule has 0 aliphatic rings. The second-order valence-corrected chi connectivity index (χ2v) is 4.03. The minimum absolute atomic E-state index is 0.223. The Morgan fingerprint density at radius 2 is 2.12 bits per heavy atom. The first-order chi connectivity index (χ1) is 7.66. The molecule has 0 saturated carbocycles. The Bertz CT molecular complexity index is 485. The van der Waals surface area contributed by atoms with Crippen molar-refractivity contribution < 1.29 is 8.78 Å². The minimum atomic E-state index is -0.625. The number of aromatic amines is 1. The Hall–Kier alpha value is -1.43. The highest BCUT2D eigenvalue weighted by Gasteiger charge is 2.07. The Morgan fingerprint density at radius 1 is 1.31 bits per heavy atom. The highest BCUT2D eigenvalue weighted by Crippen LogP contribution is 2.23. The van der Waals surface area contributed by atoms with E-state index < -0.39 is 11.6 Å². The summed E-state index contributed by atoms with van der Waals surface area (Å²) in [4.78, 5) is 6.70. The molecule has 1 aromatic carbocycles. The molecule has 2 aromatic rings. The van der Waals surface area contributed by atoms with Crippen LogP contribution in [0.25, 0.3) is 0 Å². The highest BCUT2D eigenvalue weighted by molar-refractivity contribution is 9.10. The molecule has 0 saturated heterocycles. The van der Waals surface area contributed by atoms with E-state index in [0.29, 0.717) is 6.54 Å². The first-order valence-corrected chi connectivity index (χ1v) is 5.32. The Morgan fingerprint density at radius 3 is 2.81 bits per heavy atom. The van der Waals surface area contributed by atoms with Crippen LogP contribution in [0.5, 0.6) is 0 Å². The van der Waals surface area contributed by atoms with Gasteiger partial charge in [0.1, 0.15) is 11.6 Å². The zero-order chi connectivity index (χ0) is 11.5. The molecule has 0 spiro atoms. The third-order valence-electron chi connectivity index (χ3n) is 2.03. The lowest BCUT2D eigenvalue weighted by Gasteiger charge is -2.07. The van der Waals surface area contributed by atoms with Crippen molar-refractivity contribution in [2.45, 2.75) is 6.54 Å². The van der Waals surface area contributed by atoms with Crippen molar-refractivity contribution in [3.8, 4) is 0 Å². The molecule has 0 amide bonds. The molecule has 0 radical (unpaired) electrons. The van der Waals surface area contributed by atoms with E-state index >= 15 is 0 Å². The minimum Gasteiger partial charge on any atom is -0.377 e. The van der Waals surface area contributed by atoms with Crippen LogP contribution in [0.15, 0.2) is 29.1 Å². The molecule has 0 fully saturated rings. The molecular weight excluding hydrogens is 280 g/mol. The van der Waals surface area contributed by atoms with Gasteiger partial charge in [0.25, 0.3) is 0 Å². The topological polar surface area (TPSA) is 40.7 Å². The number of anilines is 1. The number of nitrogens with one attached hydrogen (secondary N) is 2. The van der Waals surface area contributed by atoms with Crippen molar-refractivity contribution in [1.29, 1.82) is 0 Å². The van der Waals surface area contributed by atoms with Crippen LogP contribution in [0.3, 0.4) is 0 Å². The van der Waals surface area contributed by atoms with E-state index in [0.717, 1.165) is 11.8 Å². The van der Waals surface area contributed by atoms with E-state index in [2.05, 4.69) is 31.2 Å². The molecule has 1 heterocycles. The maximum Gasteiger partial charge on any atom is 0.149 e. The van der Waals surface area contributed by atoms with Crippen LogP contribution in [0.4, 0.5) is 14.5 Å². The number of rotatable bonds is 3. The quantitative estimate of drug-likeness (QED) is 0.852. The zero-order valence-corrected chi connectivity index (χ0v) is 9.68. The molecule has 0 atom stereocenters. The lowest BCUT2D eigenvalue weighted by atomic mass is 10.3. The molecule has 0 aliphatic carbocycles. The smallest absolute Gasteiger partial charge is 0.149 e. The summed E-state index contributed by atoms with van der Waals surface area (Å²) in [6, 6.07) is 2.19. The third-order valence-corrected chi connectivity index (χ3v) is 2.64. The fraction of sp³-hybridized carbons (Fsp3) is 0.100. The maximum absolute atomic E-state index is 13.3. The van der Waals surface area contributed by atoms with E-state index in [-0.39, 0.29) is 10.2 Å². The number of H-pyrrole nitrogens is 1. The first kappa shape index (κ1) is 11.1. The van der Waals surface area contributed by atoms with E-state index in [1.165, 1.54) is 12.4 Å². The van der Waals surface area contributed by atoms with Crippen LogP contribution in [-0.2, 0) is 6.54 Å². The molecule has 3 nitrogen and oxygen atoms in total. The number of nitrogens with zero attached hydrogens (tertiary/aromatic N) is 1. The summed E-state index contributed by atoms with van der Waals surface area (Å²) >= 11 is 3.00. The van der Waals surface area contributed by atoms with E-state index in [9.17, 15) is 8.78 Å². The summed E-state index contributed by atoms with van der Waals surface area (Å²) in [5, 5.41) is 2.84. The Labute approximate surface area is 99.0 Å². The number of imidazole rings is 1. The lowest BCUT2D eigenvalue weighted by molar-refractivity contribution is 0.580. The average Bonchev–Trinajstić information content (AvgIpc) is 2.74. The van der Waals surface area contributed by atoms with Crippen molar-refractivity contribution in [1.82, 2.24) is 9.97 Å². The molecule has 16 heavy (non-hydrogen) atoms. The monoisotopic (exact) mass is 287 g/mol. The molecule has 2 rings (SSSR count). The SMILES string of the molecule is Fc1cc(F)c(NCc2cnc[nH]2)cc1Br. The summed E-state index contributed by atoms with van der Waals surface area (Å²) in [6.45, 7) is 0.398. The summed E-state index contributed by atoms with van der Waals surface area (Å²) in [5.74, 6) is -1.25. The van der Waals surface area contributed by atoms with Crippen LogP contribution < -0.4 is 5.32 Å². The van der Waals surface area contributed by atoms with Crippen molar-refractivity contribution >= 4 is 21.6 Å². The normalized spacial score (nSPS) is 10.4. The van der Waals surface area contributed by atoms with Crippen molar-refractivity contribution in [2.24, 2.45) is 0 Å². The average molecular weight is 288 g/mol. The molecular formula is C10H8BrF2N3. The number of hydrogen-bond donors (Lipinski definition) is 2. The van der Waals surface area contributed by atoms with Crippen molar-refractivity contribution in [2.75, 3.05) is 5.32 Å². The largest absolute Gasteiger partial charge is 0.377 e. The van der Waals surface area contributed by atoms with Gasteiger partial charge in [-0.2, -0.15) is 0 Å². The van der Waals surface area contributed by atoms with Crippen molar-refractivity contribution in [3.05, 3.63) is 46.5 Å². The first-order valence-electron chi connectivity index (χ1n) is 4.52. The predicted molar refractivity (Wildman–Crippen MR) is 60.0 cm³/mol. The van der Waals surface area contributed by atoms with Gasteiger partial charge in [0.15, 0.2) is 0 Å². The van der Waals surface area contributed by atoms with E-state index in [1.54, 1.807) is 6.20 Å². The fourth-order valence-corrected chi connectivity index (χ4v) is 1.57. The molecule has 0 unspecified atom stereocenters. The van der Waals surface area contributed by atoms with Gasteiger partial charge in [0, 0.05) is 12.3 Å². The van der Waals surface area contributed by atoms with Crippen LogP contribution >= 0.6 is 15.9 Å². The van der Waals surface area contributed by atoms with Crippen LogP contribution in [0.2, 0.25) is 0 Å². The summed E-state index contributed by atoms with van der Waals surface area (Å²) in [6.07, 6.45) is 3.16. The van der Waals surface area contributed by atoms with E-state index in [4.69, 9.17) is 0 Å². The number of halogens is 3. The molecule has 0 bridgehead atoms. The molecule has 1 aromatic heterocycles.